The van der Waals surface area contributed by atoms with Gasteiger partial charge in [-0.3, -0.25) is 9.59 Å². The molecule has 1 rings (SSSR count). The summed E-state index contributed by atoms with van der Waals surface area (Å²) in [7, 11) is 0. The summed E-state index contributed by atoms with van der Waals surface area (Å²) in [5.74, 6) is -1.00. The van der Waals surface area contributed by atoms with E-state index in [0.29, 0.717) is 18.6 Å². The van der Waals surface area contributed by atoms with Crippen molar-refractivity contribution < 1.29 is 19.4 Å². The number of rotatable bonds is 5. The molecule has 0 saturated heterocycles. The largest absolute Gasteiger partial charge is 0.501 e. The molecule has 0 aliphatic carbocycles. The van der Waals surface area contributed by atoms with Crippen LogP contribution in [-0.4, -0.2) is 29.6 Å². The minimum Gasteiger partial charge on any atom is -0.501 e. The number of carbonyl (C=O) groups is 2. The minimum atomic E-state index is -0.846. The minimum absolute atomic E-state index is 0.0665. The van der Waals surface area contributed by atoms with Crippen molar-refractivity contribution in [2.45, 2.75) is 38.6 Å². The molecule has 1 unspecified atom stereocenters. The van der Waals surface area contributed by atoms with Gasteiger partial charge < -0.3 is 15.2 Å². The fourth-order valence-electron chi connectivity index (χ4n) is 1.46. The third-order valence-corrected chi connectivity index (χ3v) is 2.39. The van der Waals surface area contributed by atoms with Crippen LogP contribution in [0, 0.1) is 0 Å². The van der Waals surface area contributed by atoms with Crippen molar-refractivity contribution >= 4 is 11.9 Å². The van der Waals surface area contributed by atoms with Gasteiger partial charge in [0.1, 0.15) is 0 Å². The second-order valence-electron chi connectivity index (χ2n) is 3.92. The molecule has 0 saturated carbocycles. The van der Waals surface area contributed by atoms with Gasteiger partial charge in [-0.15, -0.1) is 0 Å². The molecule has 1 heterocycles. The molecule has 1 aliphatic heterocycles. The summed E-state index contributed by atoms with van der Waals surface area (Å²) in [6.07, 6.45) is 3.56. The van der Waals surface area contributed by atoms with Crippen LogP contribution >= 0.6 is 0 Å². The lowest BCUT2D eigenvalue weighted by Crippen LogP contribution is -2.34. The number of amides is 1. The van der Waals surface area contributed by atoms with Crippen LogP contribution in [0.25, 0.3) is 0 Å². The van der Waals surface area contributed by atoms with E-state index in [-0.39, 0.29) is 18.4 Å². The molecule has 0 aromatic carbocycles. The van der Waals surface area contributed by atoms with Gasteiger partial charge in [-0.1, -0.05) is 0 Å². The molecule has 90 valence electrons. The predicted molar refractivity (Wildman–Crippen MR) is 57.7 cm³/mol. The molecule has 1 aliphatic rings. The number of carboxylic acid groups (broad SMARTS) is 1. The summed E-state index contributed by atoms with van der Waals surface area (Å²) in [6.45, 7) is 2.45. The summed E-state index contributed by atoms with van der Waals surface area (Å²) >= 11 is 0. The Morgan fingerprint density at radius 1 is 1.62 bits per heavy atom. The number of carboxylic acids is 1. The van der Waals surface area contributed by atoms with Gasteiger partial charge in [-0.25, -0.2) is 0 Å². The van der Waals surface area contributed by atoms with Gasteiger partial charge in [-0.05, 0) is 26.2 Å². The lowest BCUT2D eigenvalue weighted by Gasteiger charge is -2.17. The highest BCUT2D eigenvalue weighted by molar-refractivity contribution is 5.93. The number of hydrogen-bond donors (Lipinski definition) is 2. The summed E-state index contributed by atoms with van der Waals surface area (Å²) in [4.78, 5) is 22.0. The molecule has 2 N–H and O–H groups in total. The standard InChI is InChI=1S/C11H17NO4/c1-8(4-5-10(13)14)12-11(15)9-3-2-6-16-7-9/h7-8H,2-6H2,1H3,(H,12,15)(H,13,14). The second-order valence-corrected chi connectivity index (χ2v) is 3.92. The third kappa shape index (κ3) is 4.33. The Labute approximate surface area is 94.5 Å². The molecule has 0 radical (unpaired) electrons. The van der Waals surface area contributed by atoms with Crippen LogP contribution in [0.4, 0.5) is 0 Å². The first-order valence-corrected chi connectivity index (χ1v) is 5.43. The van der Waals surface area contributed by atoms with Crippen molar-refractivity contribution in [3.8, 4) is 0 Å². The molecule has 1 atom stereocenters. The first-order valence-electron chi connectivity index (χ1n) is 5.43. The third-order valence-electron chi connectivity index (χ3n) is 2.39. The Morgan fingerprint density at radius 2 is 2.38 bits per heavy atom. The van der Waals surface area contributed by atoms with Gasteiger partial charge in [0.05, 0.1) is 18.4 Å². The van der Waals surface area contributed by atoms with Gasteiger partial charge >= 0.3 is 5.97 Å². The summed E-state index contributed by atoms with van der Waals surface area (Å²) < 4.78 is 5.07. The van der Waals surface area contributed by atoms with Crippen molar-refractivity contribution in [2.75, 3.05) is 6.61 Å². The molecule has 0 bridgehead atoms. The van der Waals surface area contributed by atoms with E-state index in [9.17, 15) is 9.59 Å². The molecular weight excluding hydrogens is 210 g/mol. The van der Waals surface area contributed by atoms with E-state index in [0.717, 1.165) is 12.8 Å². The van der Waals surface area contributed by atoms with Gasteiger partial charge in [0.2, 0.25) is 0 Å². The Morgan fingerprint density at radius 3 is 2.94 bits per heavy atom. The molecule has 5 nitrogen and oxygen atoms in total. The van der Waals surface area contributed by atoms with Crippen LogP contribution in [0.3, 0.4) is 0 Å². The normalized spacial score (nSPS) is 16.9. The summed E-state index contributed by atoms with van der Waals surface area (Å²) in [5.41, 5.74) is 0.633. The van der Waals surface area contributed by atoms with Crippen LogP contribution in [0.5, 0.6) is 0 Å². The molecule has 0 spiro atoms. The fraction of sp³-hybridized carbons (Fsp3) is 0.636. The predicted octanol–water partition coefficient (Wildman–Crippen LogP) is 1.05. The van der Waals surface area contributed by atoms with Crippen LogP contribution in [0.1, 0.15) is 32.6 Å². The van der Waals surface area contributed by atoms with Crippen molar-refractivity contribution in [1.29, 1.82) is 0 Å². The van der Waals surface area contributed by atoms with Crippen LogP contribution in [0.2, 0.25) is 0 Å². The summed E-state index contributed by atoms with van der Waals surface area (Å²) in [5, 5.41) is 11.3. The SMILES string of the molecule is CC(CCC(=O)O)NC(=O)C1=COCCC1. The van der Waals surface area contributed by atoms with Gasteiger partial charge in [-0.2, -0.15) is 0 Å². The number of carbonyl (C=O) groups excluding carboxylic acids is 1. The van der Waals surface area contributed by atoms with E-state index in [1.54, 1.807) is 6.92 Å². The summed E-state index contributed by atoms with van der Waals surface area (Å²) in [6, 6.07) is -0.133. The lowest BCUT2D eigenvalue weighted by molar-refractivity contribution is -0.137. The van der Waals surface area contributed by atoms with E-state index in [1.165, 1.54) is 6.26 Å². The van der Waals surface area contributed by atoms with Crippen molar-refractivity contribution in [1.82, 2.24) is 5.32 Å². The van der Waals surface area contributed by atoms with Crippen LogP contribution in [-0.2, 0) is 14.3 Å². The zero-order chi connectivity index (χ0) is 12.0. The van der Waals surface area contributed by atoms with Crippen LogP contribution < -0.4 is 5.32 Å². The van der Waals surface area contributed by atoms with Gasteiger partial charge in [0.25, 0.3) is 5.91 Å². The number of aliphatic carboxylic acids is 1. The molecule has 0 aromatic heterocycles. The quantitative estimate of drug-likeness (QED) is 0.736. The molecule has 5 heteroatoms. The Balaban J connectivity index is 2.32. The van der Waals surface area contributed by atoms with Crippen molar-refractivity contribution in [3.63, 3.8) is 0 Å². The molecule has 0 fully saturated rings. The van der Waals surface area contributed by atoms with E-state index in [4.69, 9.17) is 9.84 Å². The maximum absolute atomic E-state index is 11.6. The highest BCUT2D eigenvalue weighted by Crippen LogP contribution is 2.12. The Hall–Kier alpha value is -1.52. The first kappa shape index (κ1) is 12.5. The average Bonchev–Trinajstić information content (AvgIpc) is 2.27. The van der Waals surface area contributed by atoms with Crippen molar-refractivity contribution in [2.24, 2.45) is 0 Å². The van der Waals surface area contributed by atoms with Gasteiger partial charge in [0.15, 0.2) is 0 Å². The average molecular weight is 227 g/mol. The number of hydrogen-bond acceptors (Lipinski definition) is 3. The zero-order valence-electron chi connectivity index (χ0n) is 9.36. The molecule has 1 amide bonds. The Bertz CT molecular complexity index is 298. The Kier molecular flexibility index (Phi) is 4.82. The van der Waals surface area contributed by atoms with Crippen molar-refractivity contribution in [3.05, 3.63) is 11.8 Å². The van der Waals surface area contributed by atoms with E-state index >= 15 is 0 Å². The van der Waals surface area contributed by atoms with Crippen LogP contribution in [0.15, 0.2) is 11.8 Å². The smallest absolute Gasteiger partial charge is 0.303 e. The zero-order valence-corrected chi connectivity index (χ0v) is 9.36. The maximum Gasteiger partial charge on any atom is 0.303 e. The number of nitrogens with one attached hydrogen (secondary N) is 1. The topological polar surface area (TPSA) is 75.6 Å². The molecule has 16 heavy (non-hydrogen) atoms. The first-order chi connectivity index (χ1) is 7.59. The molecular formula is C11H17NO4. The second kappa shape index (κ2) is 6.15. The number of ether oxygens (including phenoxy) is 1. The highest BCUT2D eigenvalue weighted by Gasteiger charge is 2.15. The molecule has 0 aromatic rings. The lowest BCUT2D eigenvalue weighted by atomic mass is 10.1. The fourth-order valence-corrected chi connectivity index (χ4v) is 1.46. The monoisotopic (exact) mass is 227 g/mol. The van der Waals surface area contributed by atoms with Gasteiger partial charge in [0, 0.05) is 12.5 Å². The highest BCUT2D eigenvalue weighted by atomic mass is 16.5. The van der Waals surface area contributed by atoms with E-state index in [2.05, 4.69) is 5.32 Å². The van der Waals surface area contributed by atoms with E-state index in [1.807, 2.05) is 0 Å². The van der Waals surface area contributed by atoms with E-state index < -0.39 is 5.97 Å². The maximum atomic E-state index is 11.6.